The summed E-state index contributed by atoms with van der Waals surface area (Å²) in [6, 6.07) is 8.48. The van der Waals surface area contributed by atoms with Crippen LogP contribution < -0.4 is 0 Å². The molecule has 2 aromatic rings. The quantitative estimate of drug-likeness (QED) is 0.686. The molecule has 1 aromatic heterocycles. The van der Waals surface area contributed by atoms with E-state index in [-0.39, 0.29) is 12.1 Å². The molecule has 1 N–H and O–H groups in total. The molecule has 0 saturated heterocycles. The number of nitro groups is 1. The third-order valence-electron chi connectivity index (χ3n) is 3.12. The van der Waals surface area contributed by atoms with Gasteiger partial charge >= 0.3 is 0 Å². The Morgan fingerprint density at radius 2 is 2.05 bits per heavy atom. The van der Waals surface area contributed by atoms with Gasteiger partial charge in [-0.25, -0.2) is 0 Å². The van der Waals surface area contributed by atoms with Gasteiger partial charge in [0.25, 0.3) is 5.69 Å². The van der Waals surface area contributed by atoms with E-state index in [4.69, 9.17) is 0 Å². The summed E-state index contributed by atoms with van der Waals surface area (Å²) in [6.45, 7) is 3.99. The molecule has 0 fully saturated rings. The van der Waals surface area contributed by atoms with Crippen LogP contribution in [0.5, 0.6) is 0 Å². The summed E-state index contributed by atoms with van der Waals surface area (Å²) in [4.78, 5) is 12.5. The Morgan fingerprint density at radius 3 is 2.63 bits per heavy atom. The lowest BCUT2D eigenvalue weighted by molar-refractivity contribution is -0.385. The second-order valence-electron chi connectivity index (χ2n) is 4.49. The van der Waals surface area contributed by atoms with Crippen molar-refractivity contribution in [2.45, 2.75) is 26.4 Å². The van der Waals surface area contributed by atoms with E-state index in [1.54, 1.807) is 18.2 Å². The van der Waals surface area contributed by atoms with Crippen molar-refractivity contribution < 1.29 is 10.0 Å². The normalized spacial score (nSPS) is 12.4. The Kier molecular flexibility index (Phi) is 3.97. The number of para-hydroxylation sites is 1. The Morgan fingerprint density at radius 1 is 1.37 bits per heavy atom. The molecule has 0 aliphatic carbocycles. The highest BCUT2D eigenvalue weighted by atomic mass is 32.1. The summed E-state index contributed by atoms with van der Waals surface area (Å²) < 4.78 is 0. The molecule has 1 atom stereocenters. The van der Waals surface area contributed by atoms with Gasteiger partial charge < -0.3 is 5.11 Å². The van der Waals surface area contributed by atoms with E-state index < -0.39 is 11.0 Å². The van der Waals surface area contributed by atoms with Crippen molar-refractivity contribution >= 4 is 17.0 Å². The van der Waals surface area contributed by atoms with Crippen LogP contribution in [0.1, 0.15) is 27.0 Å². The van der Waals surface area contributed by atoms with Gasteiger partial charge in [0.15, 0.2) is 0 Å². The van der Waals surface area contributed by atoms with Crippen LogP contribution in [0.15, 0.2) is 30.3 Å². The van der Waals surface area contributed by atoms with Crippen LogP contribution in [0.25, 0.3) is 0 Å². The van der Waals surface area contributed by atoms with Gasteiger partial charge in [-0.3, -0.25) is 10.1 Å². The Balaban J connectivity index is 2.24. The number of nitrogens with zero attached hydrogens (tertiary/aromatic N) is 1. The van der Waals surface area contributed by atoms with Crippen molar-refractivity contribution in [3.05, 3.63) is 61.3 Å². The molecule has 0 aliphatic rings. The number of nitro benzene ring substituents is 1. The fraction of sp³-hybridized carbons (Fsp3) is 0.286. The minimum absolute atomic E-state index is 0.0616. The zero-order valence-corrected chi connectivity index (χ0v) is 11.6. The fourth-order valence-electron chi connectivity index (χ4n) is 1.94. The van der Waals surface area contributed by atoms with Gasteiger partial charge in [-0.15, -0.1) is 11.3 Å². The third kappa shape index (κ3) is 3.00. The molecule has 5 heteroatoms. The van der Waals surface area contributed by atoms with Crippen molar-refractivity contribution in [1.82, 2.24) is 0 Å². The molecule has 1 unspecified atom stereocenters. The van der Waals surface area contributed by atoms with E-state index in [1.165, 1.54) is 17.4 Å². The van der Waals surface area contributed by atoms with Crippen LogP contribution in [-0.4, -0.2) is 10.0 Å². The van der Waals surface area contributed by atoms with Gasteiger partial charge in [0.2, 0.25) is 0 Å². The summed E-state index contributed by atoms with van der Waals surface area (Å²) >= 11 is 1.54. The van der Waals surface area contributed by atoms with Crippen LogP contribution in [0, 0.1) is 24.0 Å². The van der Waals surface area contributed by atoms with Crippen LogP contribution in [0.3, 0.4) is 0 Å². The van der Waals surface area contributed by atoms with Crippen LogP contribution in [0.4, 0.5) is 5.69 Å². The number of hydrogen-bond acceptors (Lipinski definition) is 4. The summed E-state index contributed by atoms with van der Waals surface area (Å²) in [7, 11) is 0. The first-order valence-electron chi connectivity index (χ1n) is 5.96. The zero-order valence-electron chi connectivity index (χ0n) is 10.8. The maximum atomic E-state index is 10.9. The van der Waals surface area contributed by atoms with Gasteiger partial charge in [0, 0.05) is 27.8 Å². The number of hydrogen-bond donors (Lipinski definition) is 1. The standard InChI is InChI=1S/C14H15NO3S/c1-9-7-14(19-10(9)2)13(16)8-11-5-3-4-6-12(11)15(17)18/h3-7,13,16H,8H2,1-2H3. The first-order valence-corrected chi connectivity index (χ1v) is 6.78. The second-order valence-corrected chi connectivity index (χ2v) is 5.78. The van der Waals surface area contributed by atoms with Gasteiger partial charge in [-0.2, -0.15) is 0 Å². The van der Waals surface area contributed by atoms with Crippen molar-refractivity contribution in [3.8, 4) is 0 Å². The zero-order chi connectivity index (χ0) is 14.0. The molecule has 0 saturated carbocycles. The number of aliphatic hydroxyl groups excluding tert-OH is 1. The lowest BCUT2D eigenvalue weighted by Gasteiger charge is -2.08. The minimum Gasteiger partial charge on any atom is -0.387 e. The van der Waals surface area contributed by atoms with Crippen molar-refractivity contribution in [1.29, 1.82) is 0 Å². The van der Waals surface area contributed by atoms with Gasteiger partial charge in [0.1, 0.15) is 0 Å². The molecule has 100 valence electrons. The summed E-state index contributed by atoms with van der Waals surface area (Å²) in [5.74, 6) is 0. The summed E-state index contributed by atoms with van der Waals surface area (Å²) in [5.41, 5.74) is 1.76. The molecule has 2 rings (SSSR count). The summed E-state index contributed by atoms with van der Waals surface area (Å²) in [5, 5.41) is 21.1. The molecular weight excluding hydrogens is 262 g/mol. The SMILES string of the molecule is Cc1cc(C(O)Cc2ccccc2[N+](=O)[O-])sc1C. The smallest absolute Gasteiger partial charge is 0.272 e. The molecule has 0 aliphatic heterocycles. The maximum Gasteiger partial charge on any atom is 0.272 e. The van der Waals surface area contributed by atoms with E-state index in [2.05, 4.69) is 0 Å². The molecule has 4 nitrogen and oxygen atoms in total. The number of aryl methyl sites for hydroxylation is 2. The number of benzene rings is 1. The Bertz CT molecular complexity index is 587. The molecular formula is C14H15NO3S. The number of aliphatic hydroxyl groups is 1. The molecule has 0 radical (unpaired) electrons. The van der Waals surface area contributed by atoms with E-state index in [9.17, 15) is 15.2 Å². The number of thiophene rings is 1. The number of rotatable bonds is 4. The van der Waals surface area contributed by atoms with E-state index in [1.807, 2.05) is 19.9 Å². The highest BCUT2D eigenvalue weighted by molar-refractivity contribution is 7.12. The van der Waals surface area contributed by atoms with E-state index >= 15 is 0 Å². The first-order chi connectivity index (χ1) is 8.99. The Hall–Kier alpha value is -1.72. The van der Waals surface area contributed by atoms with Crippen molar-refractivity contribution in [2.75, 3.05) is 0 Å². The van der Waals surface area contributed by atoms with E-state index in [0.717, 1.165) is 15.3 Å². The monoisotopic (exact) mass is 277 g/mol. The van der Waals surface area contributed by atoms with Gasteiger partial charge in [-0.1, -0.05) is 18.2 Å². The third-order valence-corrected chi connectivity index (χ3v) is 4.37. The second kappa shape index (κ2) is 5.50. The Labute approximate surface area is 115 Å². The van der Waals surface area contributed by atoms with Crippen molar-refractivity contribution in [2.24, 2.45) is 0 Å². The van der Waals surface area contributed by atoms with E-state index in [0.29, 0.717) is 5.56 Å². The van der Waals surface area contributed by atoms with Crippen molar-refractivity contribution in [3.63, 3.8) is 0 Å². The predicted molar refractivity (Wildman–Crippen MR) is 75.6 cm³/mol. The highest BCUT2D eigenvalue weighted by Gasteiger charge is 2.18. The fourth-order valence-corrected chi connectivity index (χ4v) is 2.96. The molecule has 0 spiro atoms. The highest BCUT2D eigenvalue weighted by Crippen LogP contribution is 2.30. The minimum atomic E-state index is -0.696. The maximum absolute atomic E-state index is 10.9. The topological polar surface area (TPSA) is 63.4 Å². The average molecular weight is 277 g/mol. The molecule has 19 heavy (non-hydrogen) atoms. The predicted octanol–water partition coefficient (Wildman–Crippen LogP) is 3.55. The molecule has 0 amide bonds. The first kappa shape index (κ1) is 13.7. The van der Waals surface area contributed by atoms with Crippen LogP contribution in [-0.2, 0) is 6.42 Å². The molecule has 1 aromatic carbocycles. The van der Waals surface area contributed by atoms with Gasteiger partial charge in [0.05, 0.1) is 11.0 Å². The van der Waals surface area contributed by atoms with Crippen LogP contribution in [0.2, 0.25) is 0 Å². The lowest BCUT2D eigenvalue weighted by Crippen LogP contribution is -2.02. The molecule has 0 bridgehead atoms. The lowest BCUT2D eigenvalue weighted by atomic mass is 10.0. The van der Waals surface area contributed by atoms with Gasteiger partial charge in [-0.05, 0) is 25.5 Å². The molecule has 1 heterocycles. The van der Waals surface area contributed by atoms with Crippen LogP contribution >= 0.6 is 11.3 Å². The average Bonchev–Trinajstić information content (AvgIpc) is 2.70. The summed E-state index contributed by atoms with van der Waals surface area (Å²) in [6.07, 6.45) is -0.435. The largest absolute Gasteiger partial charge is 0.387 e.